The number of rotatable bonds is 8. The van der Waals surface area contributed by atoms with Crippen LogP contribution in [0.15, 0.2) is 28.6 Å². The minimum Gasteiger partial charge on any atom is -0.435 e. The van der Waals surface area contributed by atoms with Gasteiger partial charge in [0.05, 0.1) is 5.25 Å². The van der Waals surface area contributed by atoms with Gasteiger partial charge in [0.15, 0.2) is 10.1 Å². The van der Waals surface area contributed by atoms with Crippen LogP contribution < -0.4 is 10.1 Å². The second-order valence-electron chi connectivity index (χ2n) is 5.32. The van der Waals surface area contributed by atoms with E-state index in [1.807, 2.05) is 0 Å². The maximum absolute atomic E-state index is 12.4. The average molecular weight is 371 g/mol. The first kappa shape index (κ1) is 17.1. The number of hydrogen-bond acceptors (Lipinski definition) is 7. The van der Waals surface area contributed by atoms with Gasteiger partial charge in [0.25, 0.3) is 0 Å². The molecule has 128 valence electrons. The van der Waals surface area contributed by atoms with E-state index >= 15 is 0 Å². The Morgan fingerprint density at radius 3 is 2.67 bits per heavy atom. The lowest BCUT2D eigenvalue weighted by molar-refractivity contribution is -0.0498. The first-order valence-electron chi connectivity index (χ1n) is 7.37. The van der Waals surface area contributed by atoms with Gasteiger partial charge in [-0.1, -0.05) is 23.1 Å². The Morgan fingerprint density at radius 1 is 1.33 bits per heavy atom. The molecule has 3 rings (SSSR count). The highest BCUT2D eigenvalue weighted by Crippen LogP contribution is 2.33. The molecule has 9 heteroatoms. The highest BCUT2D eigenvalue weighted by atomic mass is 32.2. The predicted octanol–water partition coefficient (Wildman–Crippen LogP) is 4.08. The highest BCUT2D eigenvalue weighted by molar-refractivity contribution is 8.02. The van der Waals surface area contributed by atoms with Gasteiger partial charge in [0.2, 0.25) is 5.13 Å². The molecule has 1 heterocycles. The predicted molar refractivity (Wildman–Crippen MR) is 89.3 cm³/mol. The number of Topliss-reactive ketones (excluding diaryl/α,β-unsaturated/α-hetero) is 1. The van der Waals surface area contributed by atoms with E-state index in [4.69, 9.17) is 0 Å². The van der Waals surface area contributed by atoms with Crippen LogP contribution in [-0.4, -0.2) is 33.9 Å². The molecule has 0 spiro atoms. The molecule has 1 aromatic heterocycles. The zero-order valence-electron chi connectivity index (χ0n) is 12.7. The van der Waals surface area contributed by atoms with Crippen molar-refractivity contribution in [1.29, 1.82) is 0 Å². The Morgan fingerprint density at radius 2 is 2.04 bits per heavy atom. The van der Waals surface area contributed by atoms with Crippen molar-refractivity contribution in [2.24, 2.45) is 0 Å². The number of halogens is 2. The van der Waals surface area contributed by atoms with Crippen molar-refractivity contribution >= 4 is 34.0 Å². The van der Waals surface area contributed by atoms with Crippen LogP contribution in [0.25, 0.3) is 0 Å². The third-order valence-electron chi connectivity index (χ3n) is 3.32. The number of carbonyl (C=O) groups excluding carboxylic acids is 1. The molecule has 5 nitrogen and oxygen atoms in total. The van der Waals surface area contributed by atoms with Crippen molar-refractivity contribution in [3.05, 3.63) is 29.8 Å². The number of alkyl halides is 2. The number of ether oxygens (including phenoxy) is 1. The molecule has 0 radical (unpaired) electrons. The third-order valence-corrected chi connectivity index (χ3v) is 5.36. The van der Waals surface area contributed by atoms with Gasteiger partial charge in [-0.25, -0.2) is 0 Å². The fourth-order valence-corrected chi connectivity index (χ4v) is 4.01. The minimum atomic E-state index is -2.88. The van der Waals surface area contributed by atoms with Crippen LogP contribution >= 0.6 is 23.1 Å². The number of thioether (sulfide) groups is 1. The van der Waals surface area contributed by atoms with Crippen LogP contribution in [0.2, 0.25) is 0 Å². The Labute approximate surface area is 145 Å². The topological polar surface area (TPSA) is 64.1 Å². The summed E-state index contributed by atoms with van der Waals surface area (Å²) in [4.78, 5) is 12.4. The molecule has 1 aromatic carbocycles. The molecule has 0 aliphatic heterocycles. The molecule has 2 aromatic rings. The molecule has 0 bridgehead atoms. The fourth-order valence-electron chi connectivity index (χ4n) is 1.96. The molecule has 24 heavy (non-hydrogen) atoms. The van der Waals surface area contributed by atoms with Gasteiger partial charge >= 0.3 is 6.61 Å². The van der Waals surface area contributed by atoms with Crippen molar-refractivity contribution < 1.29 is 18.3 Å². The van der Waals surface area contributed by atoms with Crippen molar-refractivity contribution in [3.8, 4) is 5.75 Å². The van der Waals surface area contributed by atoms with E-state index in [2.05, 4.69) is 20.3 Å². The molecular formula is C15H15F2N3O2S2. The smallest absolute Gasteiger partial charge is 0.387 e. The van der Waals surface area contributed by atoms with E-state index < -0.39 is 6.61 Å². The Bertz CT molecular complexity index is 705. The van der Waals surface area contributed by atoms with Gasteiger partial charge in [-0.05, 0) is 44.0 Å². The lowest BCUT2D eigenvalue weighted by atomic mass is 10.1. The summed E-state index contributed by atoms with van der Waals surface area (Å²) in [6.07, 6.45) is 2.31. The molecule has 1 aliphatic carbocycles. The molecule has 1 aliphatic rings. The van der Waals surface area contributed by atoms with Crippen molar-refractivity contribution in [1.82, 2.24) is 10.2 Å². The maximum Gasteiger partial charge on any atom is 0.387 e. The SMILES string of the molecule is CC(Sc1nnc(NC2CC2)s1)C(=O)c1ccc(OC(F)F)cc1. The number of nitrogens with one attached hydrogen (secondary N) is 1. The lowest BCUT2D eigenvalue weighted by Crippen LogP contribution is -2.13. The number of nitrogens with zero attached hydrogens (tertiary/aromatic N) is 2. The van der Waals surface area contributed by atoms with Crippen molar-refractivity contribution in [2.45, 2.75) is 42.0 Å². The zero-order chi connectivity index (χ0) is 17.1. The summed E-state index contributed by atoms with van der Waals surface area (Å²) in [6, 6.07) is 6.19. The number of benzene rings is 1. The molecule has 1 atom stereocenters. The normalized spacial score (nSPS) is 15.3. The van der Waals surface area contributed by atoms with Gasteiger partial charge in [-0.2, -0.15) is 8.78 Å². The van der Waals surface area contributed by atoms with Crippen LogP contribution in [0, 0.1) is 0 Å². The molecular weight excluding hydrogens is 356 g/mol. The van der Waals surface area contributed by atoms with Crippen LogP contribution in [0.4, 0.5) is 13.9 Å². The fraction of sp³-hybridized carbons (Fsp3) is 0.400. The summed E-state index contributed by atoms with van der Waals surface area (Å²) in [6.45, 7) is -1.09. The summed E-state index contributed by atoms with van der Waals surface area (Å²) in [5.74, 6) is -0.0720. The lowest BCUT2D eigenvalue weighted by Gasteiger charge is -2.09. The number of anilines is 1. The van der Waals surface area contributed by atoms with E-state index in [1.54, 1.807) is 6.92 Å². The van der Waals surface area contributed by atoms with Crippen LogP contribution in [-0.2, 0) is 0 Å². The highest BCUT2D eigenvalue weighted by Gasteiger charge is 2.23. The Balaban J connectivity index is 1.58. The summed E-state index contributed by atoms with van der Waals surface area (Å²) in [5, 5.41) is 11.8. The first-order chi connectivity index (χ1) is 11.5. The van der Waals surface area contributed by atoms with Crippen LogP contribution in [0.1, 0.15) is 30.1 Å². The molecule has 1 N–H and O–H groups in total. The summed E-state index contributed by atoms with van der Waals surface area (Å²) < 4.78 is 29.2. The van der Waals surface area contributed by atoms with Crippen LogP contribution in [0.3, 0.4) is 0 Å². The quantitative estimate of drug-likeness (QED) is 0.557. The molecule has 0 amide bonds. The van der Waals surface area contributed by atoms with Crippen LogP contribution in [0.5, 0.6) is 5.75 Å². The number of carbonyl (C=O) groups is 1. The Hall–Kier alpha value is -1.74. The van der Waals surface area contributed by atoms with Gasteiger partial charge < -0.3 is 10.1 Å². The van der Waals surface area contributed by atoms with E-state index in [9.17, 15) is 13.6 Å². The molecule has 0 saturated heterocycles. The largest absolute Gasteiger partial charge is 0.435 e. The number of hydrogen-bond donors (Lipinski definition) is 1. The van der Waals surface area contributed by atoms with E-state index in [0.717, 1.165) is 22.3 Å². The van der Waals surface area contributed by atoms with Gasteiger partial charge in [0, 0.05) is 11.6 Å². The van der Waals surface area contributed by atoms with E-state index in [1.165, 1.54) is 47.4 Å². The maximum atomic E-state index is 12.4. The molecule has 1 unspecified atom stereocenters. The average Bonchev–Trinajstić information content (AvgIpc) is 3.25. The van der Waals surface area contributed by atoms with Crippen molar-refractivity contribution in [3.63, 3.8) is 0 Å². The van der Waals surface area contributed by atoms with E-state index in [-0.39, 0.29) is 16.8 Å². The zero-order valence-corrected chi connectivity index (χ0v) is 14.4. The minimum absolute atomic E-state index is 0.0294. The number of ketones is 1. The summed E-state index contributed by atoms with van der Waals surface area (Å²) >= 11 is 2.76. The first-order valence-corrected chi connectivity index (χ1v) is 9.06. The van der Waals surface area contributed by atoms with E-state index in [0.29, 0.717) is 11.6 Å². The second-order valence-corrected chi connectivity index (χ2v) is 7.88. The summed E-state index contributed by atoms with van der Waals surface area (Å²) in [7, 11) is 0. The van der Waals surface area contributed by atoms with Gasteiger partial charge in [-0.3, -0.25) is 4.79 Å². The summed E-state index contributed by atoms with van der Waals surface area (Å²) in [5.41, 5.74) is 0.442. The van der Waals surface area contributed by atoms with Gasteiger partial charge in [-0.15, -0.1) is 10.2 Å². The molecule has 1 fully saturated rings. The van der Waals surface area contributed by atoms with Gasteiger partial charge in [0.1, 0.15) is 5.75 Å². The number of aromatic nitrogens is 2. The Kier molecular flexibility index (Phi) is 5.30. The standard InChI is InChI=1S/C15H15F2N3O2S2/c1-8(23-15-20-19-14(24-15)18-10-4-5-10)12(21)9-2-6-11(7-3-9)22-13(16)17/h2-3,6-8,10,13H,4-5H2,1H3,(H,18,19). The third kappa shape index (κ3) is 4.64. The van der Waals surface area contributed by atoms with Crippen molar-refractivity contribution in [2.75, 3.05) is 5.32 Å². The second kappa shape index (κ2) is 7.43. The molecule has 1 saturated carbocycles. The monoisotopic (exact) mass is 371 g/mol.